The number of carbonyl (C=O) groups excluding carboxylic acids is 2. The van der Waals surface area contributed by atoms with Gasteiger partial charge < -0.3 is 15.0 Å². The molecule has 2 atom stereocenters. The van der Waals surface area contributed by atoms with E-state index in [9.17, 15) is 18.4 Å². The topological polar surface area (TPSA) is 75.8 Å². The van der Waals surface area contributed by atoms with Gasteiger partial charge in [-0.15, -0.1) is 0 Å². The van der Waals surface area contributed by atoms with Crippen molar-refractivity contribution in [3.05, 3.63) is 57.9 Å². The maximum absolute atomic E-state index is 13.9. The summed E-state index contributed by atoms with van der Waals surface area (Å²) in [6.45, 7) is 6.82. The molecular formula is C19H23F2N2O3+. The number of esters is 1. The third-order valence-corrected chi connectivity index (χ3v) is 4.52. The second-order valence-corrected chi connectivity index (χ2v) is 6.42. The van der Waals surface area contributed by atoms with Gasteiger partial charge in [-0.25, -0.2) is 13.6 Å². The Morgan fingerprint density at radius 1 is 1.19 bits per heavy atom. The molecule has 0 aliphatic carbocycles. The van der Waals surface area contributed by atoms with E-state index in [4.69, 9.17) is 4.74 Å². The fraction of sp³-hybridized carbons (Fsp3) is 0.368. The Hall–Kier alpha value is -2.54. The largest absolute Gasteiger partial charge is 0.465 e. The van der Waals surface area contributed by atoms with Crippen molar-refractivity contribution >= 4 is 11.8 Å². The van der Waals surface area contributed by atoms with Gasteiger partial charge in [-0.3, -0.25) is 4.79 Å². The molecule has 140 valence electrons. The molecule has 0 bridgehead atoms. The summed E-state index contributed by atoms with van der Waals surface area (Å²) in [7, 11) is 1.28. The average Bonchev–Trinajstić information content (AvgIpc) is 2.87. The van der Waals surface area contributed by atoms with Crippen LogP contribution in [0.5, 0.6) is 0 Å². The van der Waals surface area contributed by atoms with Crippen LogP contribution in [0, 0.1) is 25.5 Å². The first-order valence-corrected chi connectivity index (χ1v) is 8.29. The van der Waals surface area contributed by atoms with E-state index in [1.165, 1.54) is 19.2 Å². The van der Waals surface area contributed by atoms with Gasteiger partial charge in [-0.2, -0.15) is 0 Å². The van der Waals surface area contributed by atoms with Crippen LogP contribution in [0.3, 0.4) is 0 Å². The summed E-state index contributed by atoms with van der Waals surface area (Å²) in [4.78, 5) is 27.6. The molecule has 0 fully saturated rings. The number of aromatic nitrogens is 1. The molecule has 1 aromatic carbocycles. The number of Topliss-reactive ketones (excluding diaryl/α,β-unsaturated/α-hetero) is 1. The number of methoxy groups -OCH3 is 1. The maximum Gasteiger partial charge on any atom is 0.339 e. The first kappa shape index (κ1) is 19.8. The normalized spacial score (nSPS) is 13.3. The second-order valence-electron chi connectivity index (χ2n) is 6.42. The Kier molecular flexibility index (Phi) is 5.92. The van der Waals surface area contributed by atoms with Crippen molar-refractivity contribution in [1.82, 2.24) is 4.98 Å². The van der Waals surface area contributed by atoms with Crippen LogP contribution in [0.15, 0.2) is 18.2 Å². The number of nitrogens with two attached hydrogens (primary N) is 1. The van der Waals surface area contributed by atoms with Gasteiger partial charge in [0, 0.05) is 17.3 Å². The van der Waals surface area contributed by atoms with Gasteiger partial charge in [-0.1, -0.05) is 0 Å². The number of aryl methyl sites for hydroxylation is 1. The fourth-order valence-electron chi connectivity index (χ4n) is 3.13. The van der Waals surface area contributed by atoms with Crippen molar-refractivity contribution in [3.8, 4) is 0 Å². The number of quaternary nitrogens is 1. The molecule has 3 N–H and O–H groups in total. The molecule has 1 aromatic heterocycles. The van der Waals surface area contributed by atoms with Crippen LogP contribution in [-0.2, 0) is 4.74 Å². The minimum absolute atomic E-state index is 0.213. The lowest BCUT2D eigenvalue weighted by Gasteiger charge is -2.16. The number of ketones is 1. The maximum atomic E-state index is 13.9. The van der Waals surface area contributed by atoms with Crippen LogP contribution in [0.1, 0.15) is 57.6 Å². The highest BCUT2D eigenvalue weighted by Crippen LogP contribution is 2.20. The molecule has 0 aliphatic rings. The summed E-state index contributed by atoms with van der Waals surface area (Å²) in [6.07, 6.45) is 0. The number of halogens is 2. The highest BCUT2D eigenvalue weighted by molar-refractivity contribution is 6.03. The van der Waals surface area contributed by atoms with Gasteiger partial charge in [0.25, 0.3) is 0 Å². The van der Waals surface area contributed by atoms with Crippen LogP contribution >= 0.6 is 0 Å². The Labute approximate surface area is 150 Å². The Morgan fingerprint density at radius 3 is 2.42 bits per heavy atom. The number of hydrogen-bond acceptors (Lipinski definition) is 3. The van der Waals surface area contributed by atoms with E-state index in [1.807, 2.05) is 0 Å². The molecule has 0 spiro atoms. The Bertz CT molecular complexity index is 846. The van der Waals surface area contributed by atoms with Crippen molar-refractivity contribution < 1.29 is 28.4 Å². The van der Waals surface area contributed by atoms with Gasteiger partial charge in [0.2, 0.25) is 5.78 Å². The number of aromatic amines is 1. The Morgan fingerprint density at radius 2 is 1.85 bits per heavy atom. The minimum Gasteiger partial charge on any atom is -0.465 e. The van der Waals surface area contributed by atoms with E-state index in [2.05, 4.69) is 4.98 Å². The number of nitrogens with one attached hydrogen (secondary N) is 1. The lowest BCUT2D eigenvalue weighted by Crippen LogP contribution is -2.91. The van der Waals surface area contributed by atoms with Crippen molar-refractivity contribution in [2.24, 2.45) is 0 Å². The molecule has 0 amide bonds. The first-order chi connectivity index (χ1) is 12.2. The van der Waals surface area contributed by atoms with Gasteiger partial charge in [-0.05, 0) is 45.4 Å². The van der Waals surface area contributed by atoms with Crippen molar-refractivity contribution in [1.29, 1.82) is 0 Å². The molecule has 2 rings (SSSR count). The fourth-order valence-corrected chi connectivity index (χ4v) is 3.13. The predicted molar refractivity (Wildman–Crippen MR) is 92.1 cm³/mol. The molecule has 0 aliphatic heterocycles. The molecule has 26 heavy (non-hydrogen) atoms. The van der Waals surface area contributed by atoms with Crippen LogP contribution < -0.4 is 5.32 Å². The SMILES string of the molecule is COC(=O)c1c(C)[nH]c(C(=O)[C@H](C)[NH2+][C@H](C)c2ccc(F)cc2F)c1C. The number of H-pyrrole nitrogens is 1. The van der Waals surface area contributed by atoms with Crippen LogP contribution in [0.2, 0.25) is 0 Å². The van der Waals surface area contributed by atoms with E-state index < -0.39 is 23.6 Å². The van der Waals surface area contributed by atoms with Crippen LogP contribution in [0.25, 0.3) is 0 Å². The molecule has 5 nitrogen and oxygen atoms in total. The highest BCUT2D eigenvalue weighted by Gasteiger charge is 2.28. The van der Waals surface area contributed by atoms with Crippen molar-refractivity contribution in [3.63, 3.8) is 0 Å². The van der Waals surface area contributed by atoms with Crippen molar-refractivity contribution in [2.45, 2.75) is 39.8 Å². The zero-order chi connectivity index (χ0) is 19.6. The standard InChI is InChI=1S/C19H22F2N2O3/c1-9-16(19(25)26-5)11(3)23-17(9)18(24)12(4)22-10(2)14-7-6-13(20)8-15(14)21/h6-8,10,12,22-23H,1-5H3/p+1/t10-,12+/m1/s1. The quantitative estimate of drug-likeness (QED) is 0.610. The Balaban J connectivity index is 2.21. The molecule has 2 aromatic rings. The average molecular weight is 365 g/mol. The number of ether oxygens (including phenoxy) is 1. The summed E-state index contributed by atoms with van der Waals surface area (Å²) in [5, 5.41) is 1.70. The summed E-state index contributed by atoms with van der Waals surface area (Å²) in [5.41, 5.74) is 2.09. The third kappa shape index (κ3) is 3.83. The summed E-state index contributed by atoms with van der Waals surface area (Å²) < 4.78 is 31.7. The van der Waals surface area contributed by atoms with Gasteiger partial charge in [0.05, 0.1) is 18.4 Å². The number of hydrogen-bond donors (Lipinski definition) is 2. The van der Waals surface area contributed by atoms with E-state index in [1.54, 1.807) is 33.0 Å². The number of rotatable bonds is 6. The van der Waals surface area contributed by atoms with Crippen LogP contribution in [-0.4, -0.2) is 29.9 Å². The van der Waals surface area contributed by atoms with E-state index >= 15 is 0 Å². The molecule has 0 saturated carbocycles. The highest BCUT2D eigenvalue weighted by atomic mass is 19.1. The minimum atomic E-state index is -0.645. The van der Waals surface area contributed by atoms with E-state index in [-0.39, 0.29) is 11.8 Å². The molecule has 0 radical (unpaired) electrons. The third-order valence-electron chi connectivity index (χ3n) is 4.52. The molecule has 1 heterocycles. The lowest BCUT2D eigenvalue weighted by atomic mass is 10.0. The molecule has 7 heteroatoms. The zero-order valence-electron chi connectivity index (χ0n) is 15.4. The number of benzene rings is 1. The monoisotopic (exact) mass is 365 g/mol. The van der Waals surface area contributed by atoms with E-state index in [0.717, 1.165) is 6.07 Å². The smallest absolute Gasteiger partial charge is 0.339 e. The molecule has 0 saturated heterocycles. The van der Waals surface area contributed by atoms with Gasteiger partial charge in [0.1, 0.15) is 23.7 Å². The van der Waals surface area contributed by atoms with Gasteiger partial charge in [0.15, 0.2) is 0 Å². The summed E-state index contributed by atoms with van der Waals surface area (Å²) >= 11 is 0. The van der Waals surface area contributed by atoms with E-state index in [0.29, 0.717) is 28.1 Å². The first-order valence-electron chi connectivity index (χ1n) is 8.29. The van der Waals surface area contributed by atoms with Crippen molar-refractivity contribution in [2.75, 3.05) is 7.11 Å². The second kappa shape index (κ2) is 7.78. The summed E-state index contributed by atoms with van der Waals surface area (Å²) in [5.74, 6) is -2.01. The predicted octanol–water partition coefficient (Wildman–Crippen LogP) is 2.59. The lowest BCUT2D eigenvalue weighted by molar-refractivity contribution is -0.709. The zero-order valence-corrected chi connectivity index (χ0v) is 15.4. The molecule has 0 unspecified atom stereocenters. The number of carbonyl (C=O) groups is 2. The van der Waals surface area contributed by atoms with Crippen LogP contribution in [0.4, 0.5) is 8.78 Å². The van der Waals surface area contributed by atoms with Gasteiger partial charge >= 0.3 is 5.97 Å². The summed E-state index contributed by atoms with van der Waals surface area (Å²) in [6, 6.07) is 2.48. The molecular weight excluding hydrogens is 342 g/mol.